The van der Waals surface area contributed by atoms with Crippen LogP contribution < -0.4 is 11.1 Å². The van der Waals surface area contributed by atoms with Gasteiger partial charge in [0.2, 0.25) is 0 Å². The van der Waals surface area contributed by atoms with Crippen molar-refractivity contribution in [3.63, 3.8) is 0 Å². The zero-order chi connectivity index (χ0) is 13.2. The molecule has 0 bridgehead atoms. The minimum Gasteiger partial charge on any atom is -0.351 e. The molecule has 94 valence electrons. The normalized spacial score (nSPS) is 13.1. The Morgan fingerprint density at radius 1 is 1.59 bits per heavy atom. The largest absolute Gasteiger partial charge is 0.351 e. The van der Waals surface area contributed by atoms with E-state index in [0.29, 0.717) is 0 Å². The summed E-state index contributed by atoms with van der Waals surface area (Å²) >= 11 is 0. The Bertz CT molecular complexity index is 552. The summed E-state index contributed by atoms with van der Waals surface area (Å²) in [4.78, 5) is 21.6. The van der Waals surface area contributed by atoms with Crippen LogP contribution in [0, 0.1) is 0 Å². The zero-order valence-corrected chi connectivity index (χ0v) is 10.2. The van der Waals surface area contributed by atoms with Crippen LogP contribution in [0.25, 0.3) is 0 Å². The highest BCUT2D eigenvalue weighted by Crippen LogP contribution is 2.15. The molecule has 1 atom stereocenters. The number of hydrogen-bond acceptors (Lipinski definition) is 5. The van der Waals surface area contributed by atoms with Gasteiger partial charge in [0.1, 0.15) is 10.9 Å². The number of amides is 3. The van der Waals surface area contributed by atoms with Gasteiger partial charge in [0, 0.05) is 16.9 Å². The first kappa shape index (κ1) is 13.5. The Balaban J connectivity index is 2.91. The molecular formula is C7H9ClN4O4S. The van der Waals surface area contributed by atoms with Crippen molar-refractivity contribution < 1.29 is 18.0 Å². The van der Waals surface area contributed by atoms with Crippen molar-refractivity contribution in [1.29, 1.82) is 0 Å². The van der Waals surface area contributed by atoms with Crippen molar-refractivity contribution in [2.24, 2.45) is 5.73 Å². The van der Waals surface area contributed by atoms with Crippen molar-refractivity contribution in [2.75, 3.05) is 0 Å². The molecular weight excluding hydrogens is 272 g/mol. The van der Waals surface area contributed by atoms with Crippen LogP contribution in [0.3, 0.4) is 0 Å². The summed E-state index contributed by atoms with van der Waals surface area (Å²) in [6.45, 7) is 1.41. The van der Waals surface area contributed by atoms with Gasteiger partial charge in [0.05, 0.1) is 6.20 Å². The van der Waals surface area contributed by atoms with Crippen molar-refractivity contribution >= 4 is 31.7 Å². The van der Waals surface area contributed by atoms with Crippen molar-refractivity contribution in [3.05, 3.63) is 12.4 Å². The molecule has 1 rings (SSSR count). The van der Waals surface area contributed by atoms with E-state index in [1.165, 1.54) is 6.92 Å². The highest BCUT2D eigenvalue weighted by Gasteiger charge is 2.20. The molecule has 0 spiro atoms. The van der Waals surface area contributed by atoms with Gasteiger partial charge >= 0.3 is 6.03 Å². The third kappa shape index (κ3) is 3.43. The van der Waals surface area contributed by atoms with Gasteiger partial charge < -0.3 is 5.73 Å². The molecule has 1 unspecified atom stereocenters. The van der Waals surface area contributed by atoms with Gasteiger partial charge in [-0.3, -0.25) is 14.8 Å². The number of nitrogens with zero attached hydrogens (tertiary/aromatic N) is 2. The van der Waals surface area contributed by atoms with E-state index in [0.717, 1.165) is 17.1 Å². The first-order valence-corrected chi connectivity index (χ1v) is 6.62. The van der Waals surface area contributed by atoms with Crippen LogP contribution in [-0.4, -0.2) is 30.1 Å². The lowest BCUT2D eigenvalue weighted by Crippen LogP contribution is -2.39. The number of rotatable bonds is 3. The van der Waals surface area contributed by atoms with Crippen molar-refractivity contribution in [3.8, 4) is 0 Å². The van der Waals surface area contributed by atoms with E-state index >= 15 is 0 Å². The summed E-state index contributed by atoms with van der Waals surface area (Å²) in [5, 5.41) is 5.50. The monoisotopic (exact) mass is 280 g/mol. The average molecular weight is 281 g/mol. The fourth-order valence-corrected chi connectivity index (χ4v) is 1.65. The van der Waals surface area contributed by atoms with E-state index in [-0.39, 0.29) is 4.90 Å². The molecule has 10 heteroatoms. The number of nitrogens with one attached hydrogen (secondary N) is 1. The van der Waals surface area contributed by atoms with Gasteiger partial charge in [-0.15, -0.1) is 0 Å². The van der Waals surface area contributed by atoms with Gasteiger partial charge in [-0.1, -0.05) is 0 Å². The number of aromatic nitrogens is 2. The molecule has 0 aromatic carbocycles. The van der Waals surface area contributed by atoms with Crippen molar-refractivity contribution in [2.45, 2.75) is 17.9 Å². The summed E-state index contributed by atoms with van der Waals surface area (Å²) in [5.41, 5.74) is 4.77. The molecule has 1 aromatic rings. The maximum atomic E-state index is 11.4. The lowest BCUT2D eigenvalue weighted by atomic mass is 10.3. The standard InChI is InChI=1S/C7H9ClN4O4S/c1-4(6(13)11-7(9)14)12-3-5(2-10-12)17(8,15)16/h2-4H,1H3,(H3,9,11,13,14). The Morgan fingerprint density at radius 3 is 2.59 bits per heavy atom. The Hall–Kier alpha value is -1.61. The van der Waals surface area contributed by atoms with Crippen LogP contribution >= 0.6 is 10.7 Å². The molecule has 3 N–H and O–H groups in total. The second-order valence-electron chi connectivity index (χ2n) is 3.12. The maximum absolute atomic E-state index is 11.4. The number of hydrogen-bond donors (Lipinski definition) is 2. The molecule has 0 fully saturated rings. The van der Waals surface area contributed by atoms with Crippen LogP contribution in [0.15, 0.2) is 17.3 Å². The highest BCUT2D eigenvalue weighted by molar-refractivity contribution is 8.13. The van der Waals surface area contributed by atoms with Gasteiger partial charge in [-0.05, 0) is 6.92 Å². The topological polar surface area (TPSA) is 124 Å². The number of imide groups is 1. The molecule has 0 radical (unpaired) electrons. The van der Waals surface area contributed by atoms with Crippen molar-refractivity contribution in [1.82, 2.24) is 15.1 Å². The Labute approximate surface area is 101 Å². The lowest BCUT2D eigenvalue weighted by molar-refractivity contribution is -0.122. The minimum absolute atomic E-state index is 0.238. The van der Waals surface area contributed by atoms with E-state index in [9.17, 15) is 18.0 Å². The smallest absolute Gasteiger partial charge is 0.318 e. The SMILES string of the molecule is CC(C(=O)NC(N)=O)n1cc(S(=O)(=O)Cl)cn1. The second-order valence-corrected chi connectivity index (χ2v) is 5.69. The minimum atomic E-state index is -3.90. The van der Waals surface area contributed by atoms with E-state index < -0.39 is 27.0 Å². The van der Waals surface area contributed by atoms with E-state index in [2.05, 4.69) is 5.10 Å². The second kappa shape index (κ2) is 4.72. The average Bonchev–Trinajstić information content (AvgIpc) is 2.63. The van der Waals surface area contributed by atoms with Crippen LogP contribution in [0.5, 0.6) is 0 Å². The number of primary amides is 1. The van der Waals surface area contributed by atoms with Crippen LogP contribution in [0.2, 0.25) is 0 Å². The number of carbonyl (C=O) groups is 2. The van der Waals surface area contributed by atoms with E-state index in [1.807, 2.05) is 5.32 Å². The summed E-state index contributed by atoms with van der Waals surface area (Å²) in [7, 11) is 1.19. The molecule has 8 nitrogen and oxygen atoms in total. The van der Waals surface area contributed by atoms with E-state index in [4.69, 9.17) is 16.4 Å². The summed E-state index contributed by atoms with van der Waals surface area (Å²) in [6, 6.07) is -1.89. The zero-order valence-electron chi connectivity index (χ0n) is 8.62. The van der Waals surface area contributed by atoms with Gasteiger partial charge in [-0.2, -0.15) is 5.10 Å². The quantitative estimate of drug-likeness (QED) is 0.727. The Kier molecular flexibility index (Phi) is 3.73. The third-order valence-electron chi connectivity index (χ3n) is 1.88. The van der Waals surface area contributed by atoms with E-state index in [1.54, 1.807) is 0 Å². The molecule has 0 aliphatic rings. The summed E-state index contributed by atoms with van der Waals surface area (Å²) < 4.78 is 23.0. The molecule has 1 aromatic heterocycles. The highest BCUT2D eigenvalue weighted by atomic mass is 35.7. The summed E-state index contributed by atoms with van der Waals surface area (Å²) in [6.07, 6.45) is 2.07. The predicted octanol–water partition coefficient (Wildman–Crippen LogP) is -0.433. The molecule has 1 heterocycles. The number of carbonyl (C=O) groups excluding carboxylic acids is 2. The van der Waals surface area contributed by atoms with Crippen LogP contribution in [0.4, 0.5) is 4.79 Å². The van der Waals surface area contributed by atoms with Crippen LogP contribution in [-0.2, 0) is 13.8 Å². The van der Waals surface area contributed by atoms with Gasteiger partial charge in [-0.25, -0.2) is 13.2 Å². The number of urea groups is 1. The Morgan fingerprint density at radius 2 is 2.18 bits per heavy atom. The molecule has 0 aliphatic heterocycles. The first-order chi connectivity index (χ1) is 7.71. The fourth-order valence-electron chi connectivity index (χ4n) is 1.00. The fraction of sp³-hybridized carbons (Fsp3) is 0.286. The maximum Gasteiger partial charge on any atom is 0.318 e. The first-order valence-electron chi connectivity index (χ1n) is 4.31. The molecule has 17 heavy (non-hydrogen) atoms. The molecule has 3 amide bonds. The van der Waals surface area contributed by atoms with Crippen LogP contribution in [0.1, 0.15) is 13.0 Å². The lowest BCUT2D eigenvalue weighted by Gasteiger charge is -2.09. The third-order valence-corrected chi connectivity index (χ3v) is 3.19. The number of halogens is 1. The molecule has 0 saturated carbocycles. The van der Waals surface area contributed by atoms with Gasteiger partial charge in [0.25, 0.3) is 15.0 Å². The predicted molar refractivity (Wildman–Crippen MR) is 57.7 cm³/mol. The molecule has 0 saturated heterocycles. The summed E-state index contributed by atoms with van der Waals surface area (Å²) in [5.74, 6) is -0.709. The number of nitrogens with two attached hydrogens (primary N) is 1. The van der Waals surface area contributed by atoms with Gasteiger partial charge in [0.15, 0.2) is 0 Å². The molecule has 0 aliphatic carbocycles.